The van der Waals surface area contributed by atoms with Crippen LogP contribution in [0.2, 0.25) is 0 Å². The van der Waals surface area contributed by atoms with Crippen LogP contribution in [0.5, 0.6) is 5.75 Å². The molecule has 2 aliphatic heterocycles. The highest BCUT2D eigenvalue weighted by atomic mass is 16.5. The summed E-state index contributed by atoms with van der Waals surface area (Å²) < 4.78 is 10.8. The Balaban J connectivity index is 1.68. The fourth-order valence-electron chi connectivity index (χ4n) is 3.26. The molecule has 0 aromatic heterocycles. The van der Waals surface area contributed by atoms with Gasteiger partial charge in [-0.05, 0) is 42.2 Å². The smallest absolute Gasteiger partial charge is 0.305 e. The number of benzene rings is 1. The molecule has 1 aromatic carbocycles. The number of amides is 1. The van der Waals surface area contributed by atoms with Crippen LogP contribution in [0, 0.1) is 0 Å². The number of nitrogens with zero attached hydrogens (tertiary/aromatic N) is 1. The van der Waals surface area contributed by atoms with Crippen LogP contribution in [0.1, 0.15) is 30.4 Å². The monoisotopic (exact) mass is 345 g/mol. The SMILES string of the molecule is O=C(O)CCN(C(=O)C=Cc1ccc2c(c1)CCO2)C1CCOCC1. The summed E-state index contributed by atoms with van der Waals surface area (Å²) in [6.07, 6.45) is 5.65. The molecule has 0 aliphatic carbocycles. The van der Waals surface area contributed by atoms with E-state index in [0.29, 0.717) is 19.8 Å². The van der Waals surface area contributed by atoms with E-state index in [1.165, 1.54) is 6.08 Å². The number of fused-ring (bicyclic) bond motifs is 1. The van der Waals surface area contributed by atoms with Crippen LogP contribution >= 0.6 is 0 Å². The fraction of sp³-hybridized carbons (Fsp3) is 0.474. The molecule has 1 fully saturated rings. The Kier molecular flexibility index (Phi) is 5.71. The van der Waals surface area contributed by atoms with E-state index in [9.17, 15) is 9.59 Å². The summed E-state index contributed by atoms with van der Waals surface area (Å²) in [5.41, 5.74) is 2.10. The largest absolute Gasteiger partial charge is 0.493 e. The maximum Gasteiger partial charge on any atom is 0.305 e. The number of carbonyl (C=O) groups excluding carboxylic acids is 1. The van der Waals surface area contributed by atoms with Crippen molar-refractivity contribution in [2.45, 2.75) is 31.7 Å². The van der Waals surface area contributed by atoms with Gasteiger partial charge in [-0.25, -0.2) is 0 Å². The van der Waals surface area contributed by atoms with Crippen molar-refractivity contribution in [2.24, 2.45) is 0 Å². The first-order valence-corrected chi connectivity index (χ1v) is 8.67. The number of rotatable bonds is 6. The lowest BCUT2D eigenvalue weighted by molar-refractivity contribution is -0.138. The predicted octanol–water partition coefficient (Wildman–Crippen LogP) is 2.12. The Morgan fingerprint density at radius 2 is 2.04 bits per heavy atom. The molecule has 25 heavy (non-hydrogen) atoms. The second-order valence-electron chi connectivity index (χ2n) is 6.32. The van der Waals surface area contributed by atoms with Gasteiger partial charge in [-0.3, -0.25) is 9.59 Å². The summed E-state index contributed by atoms with van der Waals surface area (Å²) in [6, 6.07) is 5.91. The summed E-state index contributed by atoms with van der Waals surface area (Å²) in [6.45, 7) is 2.14. The zero-order valence-corrected chi connectivity index (χ0v) is 14.1. The van der Waals surface area contributed by atoms with E-state index >= 15 is 0 Å². The Morgan fingerprint density at radius 3 is 2.80 bits per heavy atom. The summed E-state index contributed by atoms with van der Waals surface area (Å²) in [5, 5.41) is 8.95. The molecule has 1 amide bonds. The molecule has 1 aromatic rings. The molecule has 0 radical (unpaired) electrons. The number of hydrogen-bond donors (Lipinski definition) is 1. The Hall–Kier alpha value is -2.34. The molecule has 0 bridgehead atoms. The van der Waals surface area contributed by atoms with Crippen molar-refractivity contribution in [3.63, 3.8) is 0 Å². The van der Waals surface area contributed by atoms with Crippen molar-refractivity contribution in [2.75, 3.05) is 26.4 Å². The van der Waals surface area contributed by atoms with Gasteiger partial charge < -0.3 is 19.5 Å². The van der Waals surface area contributed by atoms with E-state index in [-0.39, 0.29) is 24.9 Å². The molecule has 0 spiro atoms. The van der Waals surface area contributed by atoms with E-state index in [4.69, 9.17) is 14.6 Å². The summed E-state index contributed by atoms with van der Waals surface area (Å²) >= 11 is 0. The molecule has 2 aliphatic rings. The highest BCUT2D eigenvalue weighted by molar-refractivity contribution is 5.92. The third-order valence-corrected chi connectivity index (χ3v) is 4.61. The number of carboxylic acids is 1. The van der Waals surface area contributed by atoms with Crippen LogP contribution in [-0.2, 0) is 20.7 Å². The van der Waals surface area contributed by atoms with Gasteiger partial charge >= 0.3 is 5.97 Å². The minimum Gasteiger partial charge on any atom is -0.493 e. The third kappa shape index (κ3) is 4.60. The lowest BCUT2D eigenvalue weighted by Gasteiger charge is -2.33. The van der Waals surface area contributed by atoms with Gasteiger partial charge in [-0.2, -0.15) is 0 Å². The van der Waals surface area contributed by atoms with Crippen LogP contribution in [0.15, 0.2) is 24.3 Å². The third-order valence-electron chi connectivity index (χ3n) is 4.61. The average molecular weight is 345 g/mol. The first-order valence-electron chi connectivity index (χ1n) is 8.67. The minimum atomic E-state index is -0.896. The summed E-state index contributed by atoms with van der Waals surface area (Å²) in [5.74, 6) is -0.133. The standard InChI is InChI=1S/C19H23NO5/c21-18(4-2-14-1-3-17-15(13-14)6-12-25-17)20(9-5-19(22)23)16-7-10-24-11-8-16/h1-4,13,16H,5-12H2,(H,22,23). The Bertz CT molecular complexity index is 664. The van der Waals surface area contributed by atoms with Crippen molar-refractivity contribution in [1.29, 1.82) is 0 Å². The molecule has 1 saturated heterocycles. The Labute approximate surface area is 147 Å². The fourth-order valence-corrected chi connectivity index (χ4v) is 3.26. The van der Waals surface area contributed by atoms with Crippen LogP contribution < -0.4 is 4.74 Å². The molecule has 2 heterocycles. The van der Waals surface area contributed by atoms with Gasteiger partial charge in [0.05, 0.1) is 13.0 Å². The van der Waals surface area contributed by atoms with Crippen LogP contribution in [-0.4, -0.2) is 54.3 Å². The molecule has 3 rings (SSSR count). The zero-order chi connectivity index (χ0) is 17.6. The molecule has 0 unspecified atom stereocenters. The van der Waals surface area contributed by atoms with Gasteiger partial charge in [0.1, 0.15) is 5.75 Å². The Morgan fingerprint density at radius 1 is 1.24 bits per heavy atom. The van der Waals surface area contributed by atoms with Crippen LogP contribution in [0.4, 0.5) is 0 Å². The van der Waals surface area contributed by atoms with Crippen molar-refractivity contribution in [3.8, 4) is 5.75 Å². The lowest BCUT2D eigenvalue weighted by Crippen LogP contribution is -2.43. The van der Waals surface area contributed by atoms with Gasteiger partial charge in [0.15, 0.2) is 0 Å². The molecular weight excluding hydrogens is 322 g/mol. The van der Waals surface area contributed by atoms with E-state index < -0.39 is 5.97 Å². The molecule has 6 nitrogen and oxygen atoms in total. The number of carboxylic acid groups (broad SMARTS) is 1. The molecule has 134 valence electrons. The van der Waals surface area contributed by atoms with Crippen molar-refractivity contribution >= 4 is 18.0 Å². The number of ether oxygens (including phenoxy) is 2. The summed E-state index contributed by atoms with van der Waals surface area (Å²) in [4.78, 5) is 25.2. The first-order chi connectivity index (χ1) is 12.1. The van der Waals surface area contributed by atoms with Crippen molar-refractivity contribution in [3.05, 3.63) is 35.4 Å². The normalized spacial score (nSPS) is 17.3. The van der Waals surface area contributed by atoms with Crippen LogP contribution in [0.25, 0.3) is 6.08 Å². The molecule has 6 heteroatoms. The average Bonchev–Trinajstić information content (AvgIpc) is 3.08. The van der Waals surface area contributed by atoms with E-state index in [1.807, 2.05) is 18.2 Å². The van der Waals surface area contributed by atoms with Gasteiger partial charge in [-0.15, -0.1) is 0 Å². The quantitative estimate of drug-likeness (QED) is 0.799. The molecule has 1 N–H and O–H groups in total. The number of carbonyl (C=O) groups is 2. The highest BCUT2D eigenvalue weighted by Gasteiger charge is 2.25. The molecular formula is C19H23NO5. The maximum atomic E-state index is 12.6. The van der Waals surface area contributed by atoms with E-state index in [1.54, 1.807) is 11.0 Å². The number of hydrogen-bond acceptors (Lipinski definition) is 4. The van der Waals surface area contributed by atoms with E-state index in [2.05, 4.69) is 0 Å². The van der Waals surface area contributed by atoms with E-state index in [0.717, 1.165) is 36.1 Å². The van der Waals surface area contributed by atoms with Gasteiger partial charge in [0.25, 0.3) is 0 Å². The predicted molar refractivity (Wildman–Crippen MR) is 92.5 cm³/mol. The minimum absolute atomic E-state index is 0.0404. The van der Waals surface area contributed by atoms with Gasteiger partial charge in [0, 0.05) is 38.3 Å². The topological polar surface area (TPSA) is 76.1 Å². The lowest BCUT2D eigenvalue weighted by atomic mass is 10.1. The zero-order valence-electron chi connectivity index (χ0n) is 14.1. The second-order valence-corrected chi connectivity index (χ2v) is 6.32. The number of aliphatic carboxylic acids is 1. The highest BCUT2D eigenvalue weighted by Crippen LogP contribution is 2.26. The van der Waals surface area contributed by atoms with Gasteiger partial charge in [-0.1, -0.05) is 6.07 Å². The van der Waals surface area contributed by atoms with Crippen molar-refractivity contribution in [1.82, 2.24) is 4.90 Å². The molecule has 0 saturated carbocycles. The molecule has 0 atom stereocenters. The summed E-state index contributed by atoms with van der Waals surface area (Å²) in [7, 11) is 0. The van der Waals surface area contributed by atoms with Gasteiger partial charge in [0.2, 0.25) is 5.91 Å². The van der Waals surface area contributed by atoms with Crippen molar-refractivity contribution < 1.29 is 24.2 Å². The first kappa shape index (κ1) is 17.5. The second kappa shape index (κ2) is 8.16. The van der Waals surface area contributed by atoms with Crippen LogP contribution in [0.3, 0.4) is 0 Å². The maximum absolute atomic E-state index is 12.6.